The van der Waals surface area contributed by atoms with E-state index in [0.717, 1.165) is 17.7 Å². The Bertz CT molecular complexity index is 952. The molecule has 0 radical (unpaired) electrons. The van der Waals surface area contributed by atoms with Crippen molar-refractivity contribution in [3.8, 4) is 11.5 Å². The van der Waals surface area contributed by atoms with Gasteiger partial charge in [-0.2, -0.15) is 13.2 Å². The van der Waals surface area contributed by atoms with E-state index in [4.69, 9.17) is 9.47 Å². The summed E-state index contributed by atoms with van der Waals surface area (Å²) in [6, 6.07) is 8.68. The van der Waals surface area contributed by atoms with Gasteiger partial charge < -0.3 is 19.3 Å². The topological polar surface area (TPSA) is 42.0 Å². The number of allylic oxidation sites excluding steroid dienone is 1. The molecule has 0 spiro atoms. The smallest absolute Gasteiger partial charge is 0.416 e. The Labute approximate surface area is 179 Å². The van der Waals surface area contributed by atoms with E-state index in [0.29, 0.717) is 55.3 Å². The molecule has 0 aliphatic carbocycles. The van der Waals surface area contributed by atoms with E-state index in [9.17, 15) is 18.0 Å². The molecule has 5 nitrogen and oxygen atoms in total. The maximum absolute atomic E-state index is 13.1. The Morgan fingerprint density at radius 1 is 1.10 bits per heavy atom. The lowest BCUT2D eigenvalue weighted by molar-refractivity contribution is -0.137. The number of piperazine rings is 1. The Morgan fingerprint density at radius 3 is 2.39 bits per heavy atom. The molecule has 166 valence electrons. The number of benzene rings is 2. The van der Waals surface area contributed by atoms with Crippen LogP contribution in [0, 0.1) is 0 Å². The first-order valence-corrected chi connectivity index (χ1v) is 9.85. The first-order chi connectivity index (χ1) is 14.8. The standard InChI is InChI=1S/C23H25F3N2O3/c1-4-6-16-13-17(14-20(30-2)21(16)31-3)22(29)28-11-9-27(10-12-28)19-8-5-7-18(15-19)23(24,25)26/h4-5,7-8,13-15H,1,6,9-12H2,2-3H3. The van der Waals surface area contributed by atoms with Crippen LogP contribution in [-0.2, 0) is 12.6 Å². The van der Waals surface area contributed by atoms with Crippen LogP contribution in [0.1, 0.15) is 21.5 Å². The van der Waals surface area contributed by atoms with Gasteiger partial charge in [-0.3, -0.25) is 4.79 Å². The SMILES string of the molecule is C=CCc1cc(C(=O)N2CCN(c3cccc(C(F)(F)F)c3)CC2)cc(OC)c1OC. The van der Waals surface area contributed by atoms with E-state index in [1.807, 2.05) is 4.90 Å². The molecule has 1 fully saturated rings. The summed E-state index contributed by atoms with van der Waals surface area (Å²) in [7, 11) is 3.05. The third kappa shape index (κ3) is 4.95. The molecular formula is C23H25F3N2O3. The molecule has 1 aliphatic heterocycles. The van der Waals surface area contributed by atoms with Crippen molar-refractivity contribution in [3.05, 3.63) is 65.7 Å². The predicted octanol–water partition coefficient (Wildman–Crippen LogP) is 4.41. The summed E-state index contributed by atoms with van der Waals surface area (Å²) in [5.74, 6) is 0.871. The monoisotopic (exact) mass is 434 g/mol. The summed E-state index contributed by atoms with van der Waals surface area (Å²) < 4.78 is 49.8. The largest absolute Gasteiger partial charge is 0.493 e. The molecule has 1 saturated heterocycles. The lowest BCUT2D eigenvalue weighted by Gasteiger charge is -2.36. The molecule has 0 N–H and O–H groups in total. The lowest BCUT2D eigenvalue weighted by Crippen LogP contribution is -2.48. The van der Waals surface area contributed by atoms with Crippen LogP contribution in [0.25, 0.3) is 0 Å². The fourth-order valence-corrected chi connectivity index (χ4v) is 3.70. The van der Waals surface area contributed by atoms with Gasteiger partial charge in [0.25, 0.3) is 5.91 Å². The van der Waals surface area contributed by atoms with Gasteiger partial charge in [0.05, 0.1) is 19.8 Å². The number of methoxy groups -OCH3 is 2. The van der Waals surface area contributed by atoms with Crippen LogP contribution >= 0.6 is 0 Å². The van der Waals surface area contributed by atoms with Crippen molar-refractivity contribution in [1.29, 1.82) is 0 Å². The predicted molar refractivity (Wildman–Crippen MR) is 113 cm³/mol. The number of anilines is 1. The van der Waals surface area contributed by atoms with Crippen molar-refractivity contribution in [3.63, 3.8) is 0 Å². The van der Waals surface area contributed by atoms with E-state index in [1.165, 1.54) is 13.2 Å². The second kappa shape index (κ2) is 9.32. The summed E-state index contributed by atoms with van der Waals surface area (Å²) in [5, 5.41) is 0. The Hall–Kier alpha value is -3.16. The van der Waals surface area contributed by atoms with Gasteiger partial charge in [0.1, 0.15) is 0 Å². The summed E-state index contributed by atoms with van der Waals surface area (Å²) in [6.07, 6.45) is -2.15. The molecular weight excluding hydrogens is 409 g/mol. The van der Waals surface area contributed by atoms with Crippen LogP contribution in [-0.4, -0.2) is 51.2 Å². The summed E-state index contributed by atoms with van der Waals surface area (Å²) >= 11 is 0. The number of amides is 1. The van der Waals surface area contributed by atoms with Crippen molar-refractivity contribution in [1.82, 2.24) is 4.90 Å². The Kier molecular flexibility index (Phi) is 6.77. The molecule has 8 heteroatoms. The second-order valence-electron chi connectivity index (χ2n) is 7.19. The maximum atomic E-state index is 13.1. The number of hydrogen-bond acceptors (Lipinski definition) is 4. The normalized spacial score (nSPS) is 14.4. The van der Waals surface area contributed by atoms with Crippen LogP contribution in [0.4, 0.5) is 18.9 Å². The molecule has 1 aliphatic rings. The van der Waals surface area contributed by atoms with Crippen LogP contribution in [0.15, 0.2) is 49.1 Å². The van der Waals surface area contributed by atoms with Crippen LogP contribution in [0.3, 0.4) is 0 Å². The first kappa shape index (κ1) is 22.5. The first-order valence-electron chi connectivity index (χ1n) is 9.85. The van der Waals surface area contributed by atoms with E-state index in [1.54, 1.807) is 36.3 Å². The van der Waals surface area contributed by atoms with Crippen LogP contribution in [0.5, 0.6) is 11.5 Å². The van der Waals surface area contributed by atoms with Crippen molar-refractivity contribution >= 4 is 11.6 Å². The van der Waals surface area contributed by atoms with Gasteiger partial charge in [0.15, 0.2) is 11.5 Å². The molecule has 0 bridgehead atoms. The molecule has 31 heavy (non-hydrogen) atoms. The Balaban J connectivity index is 1.75. The second-order valence-corrected chi connectivity index (χ2v) is 7.19. The number of rotatable bonds is 6. The van der Waals surface area contributed by atoms with E-state index >= 15 is 0 Å². The molecule has 2 aromatic rings. The summed E-state index contributed by atoms with van der Waals surface area (Å²) in [5.41, 5.74) is 1.09. The minimum atomic E-state index is -4.38. The van der Waals surface area contributed by atoms with Crippen molar-refractivity contribution in [2.75, 3.05) is 45.3 Å². The number of carbonyl (C=O) groups excluding carboxylic acids is 1. The lowest BCUT2D eigenvalue weighted by atomic mass is 10.0. The fourth-order valence-electron chi connectivity index (χ4n) is 3.70. The third-order valence-electron chi connectivity index (χ3n) is 5.27. The zero-order chi connectivity index (χ0) is 22.6. The van der Waals surface area contributed by atoms with Gasteiger partial charge in [-0.25, -0.2) is 0 Å². The maximum Gasteiger partial charge on any atom is 0.416 e. The average Bonchev–Trinajstić information content (AvgIpc) is 2.78. The highest BCUT2D eigenvalue weighted by molar-refractivity contribution is 5.95. The third-order valence-corrected chi connectivity index (χ3v) is 5.27. The van der Waals surface area contributed by atoms with Gasteiger partial charge in [-0.05, 0) is 36.8 Å². The number of ether oxygens (including phenoxy) is 2. The molecule has 0 unspecified atom stereocenters. The minimum absolute atomic E-state index is 0.157. The van der Waals surface area contributed by atoms with Crippen molar-refractivity contribution in [2.45, 2.75) is 12.6 Å². The molecule has 0 aromatic heterocycles. The molecule has 2 aromatic carbocycles. The van der Waals surface area contributed by atoms with Gasteiger partial charge in [0.2, 0.25) is 0 Å². The average molecular weight is 434 g/mol. The zero-order valence-corrected chi connectivity index (χ0v) is 17.5. The number of hydrogen-bond donors (Lipinski definition) is 0. The highest BCUT2D eigenvalue weighted by atomic mass is 19.4. The summed E-state index contributed by atoms with van der Waals surface area (Å²) in [6.45, 7) is 5.44. The quantitative estimate of drug-likeness (QED) is 0.632. The number of alkyl halides is 3. The Morgan fingerprint density at radius 2 is 1.81 bits per heavy atom. The molecule has 1 amide bonds. The fraction of sp³-hybridized carbons (Fsp3) is 0.348. The highest BCUT2D eigenvalue weighted by Crippen LogP contribution is 2.34. The van der Waals surface area contributed by atoms with Gasteiger partial charge in [-0.1, -0.05) is 12.1 Å². The van der Waals surface area contributed by atoms with Crippen LogP contribution in [0.2, 0.25) is 0 Å². The summed E-state index contributed by atoms with van der Waals surface area (Å²) in [4.78, 5) is 16.6. The minimum Gasteiger partial charge on any atom is -0.493 e. The molecule has 1 heterocycles. The van der Waals surface area contributed by atoms with Crippen molar-refractivity contribution < 1.29 is 27.4 Å². The molecule has 3 rings (SSSR count). The van der Waals surface area contributed by atoms with Crippen LogP contribution < -0.4 is 14.4 Å². The van der Waals surface area contributed by atoms with Gasteiger partial charge in [0, 0.05) is 43.0 Å². The molecule has 0 saturated carbocycles. The van der Waals surface area contributed by atoms with Crippen molar-refractivity contribution in [2.24, 2.45) is 0 Å². The number of halogens is 3. The van der Waals surface area contributed by atoms with Gasteiger partial charge in [-0.15, -0.1) is 6.58 Å². The van der Waals surface area contributed by atoms with E-state index < -0.39 is 11.7 Å². The molecule has 0 atom stereocenters. The number of nitrogens with zero attached hydrogens (tertiary/aromatic N) is 2. The highest BCUT2D eigenvalue weighted by Gasteiger charge is 2.31. The van der Waals surface area contributed by atoms with Gasteiger partial charge >= 0.3 is 6.18 Å². The number of carbonyl (C=O) groups is 1. The zero-order valence-electron chi connectivity index (χ0n) is 17.5. The van der Waals surface area contributed by atoms with E-state index in [2.05, 4.69) is 6.58 Å². The van der Waals surface area contributed by atoms with E-state index in [-0.39, 0.29) is 5.91 Å².